The van der Waals surface area contributed by atoms with Gasteiger partial charge in [0.15, 0.2) is 0 Å². The molecule has 2 N–H and O–H groups in total. The highest BCUT2D eigenvalue weighted by Crippen LogP contribution is 2.22. The van der Waals surface area contributed by atoms with E-state index in [0.29, 0.717) is 4.99 Å². The van der Waals surface area contributed by atoms with Crippen molar-refractivity contribution >= 4 is 23.1 Å². The van der Waals surface area contributed by atoms with E-state index >= 15 is 0 Å². The van der Waals surface area contributed by atoms with Gasteiger partial charge in [-0.2, -0.15) is 0 Å². The van der Waals surface area contributed by atoms with Gasteiger partial charge in [-0.1, -0.05) is 38.9 Å². The number of amides is 1. The Balaban J connectivity index is 2.61. The van der Waals surface area contributed by atoms with Gasteiger partial charge in [0, 0.05) is 13.1 Å². The molecule has 0 bridgehead atoms. The van der Waals surface area contributed by atoms with E-state index in [1.165, 1.54) is 12.8 Å². The summed E-state index contributed by atoms with van der Waals surface area (Å²) in [4.78, 5) is 14.8. The second-order valence-corrected chi connectivity index (χ2v) is 5.75. The van der Waals surface area contributed by atoms with Crippen molar-refractivity contribution in [1.82, 2.24) is 4.90 Å². The molecule has 1 aliphatic rings. The summed E-state index contributed by atoms with van der Waals surface area (Å²) in [5.41, 5.74) is 5.71. The summed E-state index contributed by atoms with van der Waals surface area (Å²) in [5.74, 6) is 0.682. The Bertz CT molecular complexity index is 294. The van der Waals surface area contributed by atoms with Crippen LogP contribution in [0.4, 0.5) is 0 Å². The standard InChI is InChI=1S/C14H26N2OS/c1-3-6-12(13(15)18)14(17)16-9-5-7-11(4-2)8-10-16/h11-12H,3-10H2,1-2H3,(H2,15,18). The van der Waals surface area contributed by atoms with Gasteiger partial charge in [-0.15, -0.1) is 0 Å². The summed E-state index contributed by atoms with van der Waals surface area (Å²) in [6, 6.07) is 0. The highest BCUT2D eigenvalue weighted by atomic mass is 32.1. The van der Waals surface area contributed by atoms with Crippen molar-refractivity contribution in [3.63, 3.8) is 0 Å². The molecular formula is C14H26N2OS. The zero-order chi connectivity index (χ0) is 13.5. The zero-order valence-electron chi connectivity index (χ0n) is 11.7. The average molecular weight is 270 g/mol. The minimum absolute atomic E-state index is 0.154. The Morgan fingerprint density at radius 1 is 1.39 bits per heavy atom. The van der Waals surface area contributed by atoms with Crippen LogP contribution in [-0.2, 0) is 4.79 Å². The van der Waals surface area contributed by atoms with Gasteiger partial charge in [0.25, 0.3) is 0 Å². The number of carbonyl (C=O) groups is 1. The molecule has 0 saturated carbocycles. The van der Waals surface area contributed by atoms with Gasteiger partial charge >= 0.3 is 0 Å². The third-order valence-corrected chi connectivity index (χ3v) is 4.24. The summed E-state index contributed by atoms with van der Waals surface area (Å²) >= 11 is 5.04. The van der Waals surface area contributed by atoms with Gasteiger partial charge in [-0.25, -0.2) is 0 Å². The fraction of sp³-hybridized carbons (Fsp3) is 0.857. The van der Waals surface area contributed by atoms with E-state index in [2.05, 4.69) is 13.8 Å². The number of hydrogen-bond acceptors (Lipinski definition) is 2. The van der Waals surface area contributed by atoms with Crippen molar-refractivity contribution in [2.45, 2.75) is 52.4 Å². The van der Waals surface area contributed by atoms with E-state index in [1.54, 1.807) is 0 Å². The molecular weight excluding hydrogens is 244 g/mol. The number of nitrogens with zero attached hydrogens (tertiary/aromatic N) is 1. The lowest BCUT2D eigenvalue weighted by Crippen LogP contribution is -2.41. The Kier molecular flexibility index (Phi) is 6.61. The fourth-order valence-electron chi connectivity index (χ4n) is 2.69. The predicted octanol–water partition coefficient (Wildman–Crippen LogP) is 2.73. The highest BCUT2D eigenvalue weighted by Gasteiger charge is 2.27. The molecule has 0 radical (unpaired) electrons. The topological polar surface area (TPSA) is 46.3 Å². The van der Waals surface area contributed by atoms with E-state index in [4.69, 9.17) is 18.0 Å². The normalized spacial score (nSPS) is 22.3. The highest BCUT2D eigenvalue weighted by molar-refractivity contribution is 7.80. The van der Waals surface area contributed by atoms with Crippen molar-refractivity contribution in [3.05, 3.63) is 0 Å². The largest absolute Gasteiger partial charge is 0.393 e. The molecule has 1 rings (SSSR count). The lowest BCUT2D eigenvalue weighted by Gasteiger charge is -2.25. The molecule has 1 amide bonds. The Morgan fingerprint density at radius 3 is 2.67 bits per heavy atom. The second-order valence-electron chi connectivity index (χ2n) is 5.27. The molecule has 1 heterocycles. The first-order valence-electron chi connectivity index (χ1n) is 7.18. The summed E-state index contributed by atoms with van der Waals surface area (Å²) < 4.78 is 0. The van der Waals surface area contributed by atoms with Crippen LogP contribution in [-0.4, -0.2) is 28.9 Å². The van der Waals surface area contributed by atoms with Crippen LogP contribution < -0.4 is 5.73 Å². The third-order valence-electron chi connectivity index (χ3n) is 3.96. The summed E-state index contributed by atoms with van der Waals surface area (Å²) in [6.45, 7) is 6.05. The van der Waals surface area contributed by atoms with Crippen molar-refractivity contribution in [3.8, 4) is 0 Å². The van der Waals surface area contributed by atoms with Gasteiger partial charge in [0.2, 0.25) is 5.91 Å². The number of thiocarbonyl (C=S) groups is 1. The maximum atomic E-state index is 12.4. The van der Waals surface area contributed by atoms with Crippen molar-refractivity contribution in [2.75, 3.05) is 13.1 Å². The quantitative estimate of drug-likeness (QED) is 0.781. The monoisotopic (exact) mass is 270 g/mol. The Hall–Kier alpha value is -0.640. The smallest absolute Gasteiger partial charge is 0.232 e. The van der Waals surface area contributed by atoms with Crippen LogP contribution in [0.1, 0.15) is 52.4 Å². The van der Waals surface area contributed by atoms with Gasteiger partial charge in [-0.05, 0) is 31.6 Å². The first-order chi connectivity index (χ1) is 8.60. The molecule has 1 fully saturated rings. The molecule has 2 atom stereocenters. The molecule has 1 saturated heterocycles. The van der Waals surface area contributed by atoms with Crippen LogP contribution in [0, 0.1) is 11.8 Å². The maximum Gasteiger partial charge on any atom is 0.232 e. The number of nitrogens with two attached hydrogens (primary N) is 1. The summed E-state index contributed by atoms with van der Waals surface area (Å²) in [7, 11) is 0. The number of rotatable bonds is 5. The maximum absolute atomic E-state index is 12.4. The van der Waals surface area contributed by atoms with Gasteiger partial charge < -0.3 is 10.6 Å². The Labute approximate surface area is 116 Å². The lowest BCUT2D eigenvalue weighted by atomic mass is 9.98. The molecule has 0 aromatic rings. The van der Waals surface area contributed by atoms with Crippen molar-refractivity contribution in [2.24, 2.45) is 17.6 Å². The van der Waals surface area contributed by atoms with Crippen LogP contribution >= 0.6 is 12.2 Å². The molecule has 18 heavy (non-hydrogen) atoms. The lowest BCUT2D eigenvalue weighted by molar-refractivity contribution is -0.133. The molecule has 4 heteroatoms. The van der Waals surface area contributed by atoms with Crippen molar-refractivity contribution in [1.29, 1.82) is 0 Å². The third kappa shape index (κ3) is 4.23. The fourth-order valence-corrected chi connectivity index (χ4v) is 2.91. The SMILES string of the molecule is CCCC(C(=O)N1CCCC(CC)CC1)C(N)=S. The van der Waals surface area contributed by atoms with Crippen LogP contribution in [0.2, 0.25) is 0 Å². The molecule has 1 aliphatic heterocycles. The second kappa shape index (κ2) is 7.72. The summed E-state index contributed by atoms with van der Waals surface area (Å²) in [5, 5.41) is 0. The Morgan fingerprint density at radius 2 is 2.11 bits per heavy atom. The minimum Gasteiger partial charge on any atom is -0.393 e. The van der Waals surface area contributed by atoms with E-state index in [0.717, 1.165) is 44.7 Å². The predicted molar refractivity (Wildman–Crippen MR) is 79.4 cm³/mol. The molecule has 0 spiro atoms. The first kappa shape index (κ1) is 15.4. The van der Waals surface area contributed by atoms with E-state index in [-0.39, 0.29) is 11.8 Å². The number of likely N-dealkylation sites (tertiary alicyclic amines) is 1. The van der Waals surface area contributed by atoms with Crippen LogP contribution in [0.3, 0.4) is 0 Å². The van der Waals surface area contributed by atoms with E-state index in [9.17, 15) is 4.79 Å². The van der Waals surface area contributed by atoms with Crippen molar-refractivity contribution < 1.29 is 4.79 Å². The summed E-state index contributed by atoms with van der Waals surface area (Å²) in [6.07, 6.45) is 6.42. The molecule has 104 valence electrons. The molecule has 0 aromatic heterocycles. The average Bonchev–Trinajstić information content (AvgIpc) is 2.59. The van der Waals surface area contributed by atoms with Crippen LogP contribution in [0.15, 0.2) is 0 Å². The van der Waals surface area contributed by atoms with Gasteiger partial charge in [0.1, 0.15) is 0 Å². The first-order valence-corrected chi connectivity index (χ1v) is 7.59. The van der Waals surface area contributed by atoms with E-state index in [1.807, 2.05) is 4.90 Å². The molecule has 0 aliphatic carbocycles. The van der Waals surface area contributed by atoms with Crippen LogP contribution in [0.5, 0.6) is 0 Å². The molecule has 2 unspecified atom stereocenters. The minimum atomic E-state index is -0.247. The van der Waals surface area contributed by atoms with Crippen LogP contribution in [0.25, 0.3) is 0 Å². The zero-order valence-corrected chi connectivity index (χ0v) is 12.5. The van der Waals surface area contributed by atoms with E-state index < -0.39 is 0 Å². The molecule has 0 aromatic carbocycles. The number of carbonyl (C=O) groups excluding carboxylic acids is 1. The number of hydrogen-bond donors (Lipinski definition) is 1. The van der Waals surface area contributed by atoms with Gasteiger partial charge in [0.05, 0.1) is 10.9 Å². The molecule has 3 nitrogen and oxygen atoms in total. The van der Waals surface area contributed by atoms with Gasteiger partial charge in [-0.3, -0.25) is 4.79 Å².